The Bertz CT molecular complexity index is 2170. The van der Waals surface area contributed by atoms with Gasteiger partial charge in [-0.3, -0.25) is 29.0 Å². The van der Waals surface area contributed by atoms with Gasteiger partial charge in [0.05, 0.1) is 35.9 Å². The molecule has 2 aliphatic rings. The number of ketones is 1. The van der Waals surface area contributed by atoms with Gasteiger partial charge in [-0.1, -0.05) is 67.6 Å². The van der Waals surface area contributed by atoms with Gasteiger partial charge >= 0.3 is 6.03 Å². The number of anilines is 1. The van der Waals surface area contributed by atoms with Crippen LogP contribution >= 0.6 is 0 Å². The van der Waals surface area contributed by atoms with Crippen molar-refractivity contribution in [1.82, 2.24) is 40.8 Å². The number of nitrogens with zero attached hydrogens (tertiary/aromatic N) is 5. The second-order valence-electron chi connectivity index (χ2n) is 16.3. The van der Waals surface area contributed by atoms with Crippen molar-refractivity contribution in [3.8, 4) is 0 Å². The summed E-state index contributed by atoms with van der Waals surface area (Å²) in [7, 11) is 0. The molecule has 7 N–H and O–H groups in total. The smallest absolute Gasteiger partial charge is 0.319 e. The molecule has 1 saturated heterocycles. The fraction of sp³-hybridized carbons (Fsp3) is 0.465. The minimum absolute atomic E-state index is 0.0163. The van der Waals surface area contributed by atoms with Gasteiger partial charge in [0.15, 0.2) is 0 Å². The third-order valence-electron chi connectivity index (χ3n) is 11.3. The number of Topliss-reactive ketones (excluding diaryl/α,β-unsaturated/α-hetero) is 1. The highest BCUT2D eigenvalue weighted by molar-refractivity contribution is 6.37. The number of nitrogens with one attached hydrogen (secondary N) is 4. The number of rotatable bonds is 17. The van der Waals surface area contributed by atoms with Crippen LogP contribution in [-0.2, 0) is 24.8 Å². The third kappa shape index (κ3) is 11.1. The number of aromatic nitrogens is 4. The van der Waals surface area contributed by atoms with Crippen LogP contribution in [0, 0.1) is 5.92 Å². The fourth-order valence-corrected chi connectivity index (χ4v) is 8.18. The first kappa shape index (κ1) is 43.4. The monoisotopic (exact) mass is 822 g/mol. The molecule has 3 heterocycles. The number of urea groups is 1. The lowest BCUT2D eigenvalue weighted by molar-refractivity contribution is -0.142. The van der Waals surface area contributed by atoms with Gasteiger partial charge in [-0.2, -0.15) is 0 Å². The zero-order valence-electron chi connectivity index (χ0n) is 34.0. The van der Waals surface area contributed by atoms with Gasteiger partial charge in [-0.25, -0.2) is 9.48 Å². The number of likely N-dealkylation sites (tertiary alicyclic amines) is 1. The molecule has 1 aliphatic heterocycles. The maximum atomic E-state index is 14.9. The van der Waals surface area contributed by atoms with Crippen LogP contribution in [0.15, 0.2) is 73.2 Å². The van der Waals surface area contributed by atoms with Gasteiger partial charge in [0, 0.05) is 31.3 Å². The summed E-state index contributed by atoms with van der Waals surface area (Å²) < 4.78 is 1.50. The van der Waals surface area contributed by atoms with E-state index in [1.807, 2.05) is 30.3 Å². The number of aliphatic hydroxyl groups is 1. The first-order chi connectivity index (χ1) is 28.8. The van der Waals surface area contributed by atoms with E-state index in [0.717, 1.165) is 42.9 Å². The Morgan fingerprint density at radius 2 is 1.68 bits per heavy atom. The summed E-state index contributed by atoms with van der Waals surface area (Å²) in [5.41, 5.74) is 5.34. The van der Waals surface area contributed by atoms with Crippen molar-refractivity contribution in [1.29, 1.82) is 0 Å². The lowest BCUT2D eigenvalue weighted by atomic mass is 9.84. The molecular weight excluding hydrogens is 769 g/mol. The summed E-state index contributed by atoms with van der Waals surface area (Å²) in [5.74, 6) is -3.66. The van der Waals surface area contributed by atoms with Crippen LogP contribution in [0.2, 0.25) is 0 Å². The fourth-order valence-electron chi connectivity index (χ4n) is 8.18. The SMILES string of the molecule is CC(C)(O)c1cnnn1[C@H]1C[C@@H](C(=O)NC(CCCCNC(=O)Nc2cccnc2)C(=O)C(N)=O)N(C(=O)C(CC2CCCCC2)NC(=O)c2ccc3ccccc3c2)C1. The Morgan fingerprint density at radius 3 is 2.40 bits per heavy atom. The van der Waals surface area contributed by atoms with Crippen molar-refractivity contribution in [2.24, 2.45) is 11.7 Å². The van der Waals surface area contributed by atoms with E-state index in [-0.39, 0.29) is 31.8 Å². The first-order valence-electron chi connectivity index (χ1n) is 20.6. The minimum atomic E-state index is -1.36. The number of hydrogen-bond donors (Lipinski definition) is 6. The van der Waals surface area contributed by atoms with Gasteiger partial charge in [-0.15, -0.1) is 5.10 Å². The highest BCUT2D eigenvalue weighted by Gasteiger charge is 2.45. The molecule has 17 nitrogen and oxygen atoms in total. The van der Waals surface area contributed by atoms with Gasteiger partial charge < -0.3 is 37.0 Å². The van der Waals surface area contributed by atoms with Crippen LogP contribution in [-0.4, -0.2) is 96.6 Å². The van der Waals surface area contributed by atoms with E-state index in [9.17, 15) is 33.9 Å². The Morgan fingerprint density at radius 1 is 0.917 bits per heavy atom. The molecule has 4 atom stereocenters. The van der Waals surface area contributed by atoms with E-state index in [1.54, 1.807) is 44.3 Å². The van der Waals surface area contributed by atoms with Crippen molar-refractivity contribution in [3.05, 3.63) is 84.4 Å². The molecule has 0 bridgehead atoms. The Labute approximate surface area is 348 Å². The molecule has 6 rings (SSSR count). The molecule has 1 aliphatic carbocycles. The van der Waals surface area contributed by atoms with Crippen molar-refractivity contribution in [3.63, 3.8) is 0 Å². The summed E-state index contributed by atoms with van der Waals surface area (Å²) in [6.45, 7) is 3.38. The van der Waals surface area contributed by atoms with Crippen LogP contribution < -0.4 is 27.0 Å². The predicted molar refractivity (Wildman–Crippen MR) is 222 cm³/mol. The maximum Gasteiger partial charge on any atom is 0.319 e. The molecule has 17 heteroatoms. The topological polar surface area (TPSA) is 244 Å². The molecule has 1 saturated carbocycles. The lowest BCUT2D eigenvalue weighted by Crippen LogP contribution is -2.56. The summed E-state index contributed by atoms with van der Waals surface area (Å²) >= 11 is 0. The van der Waals surface area contributed by atoms with Crippen LogP contribution in [0.3, 0.4) is 0 Å². The summed E-state index contributed by atoms with van der Waals surface area (Å²) in [5, 5.41) is 32.1. The summed E-state index contributed by atoms with van der Waals surface area (Å²) in [4.78, 5) is 86.1. The summed E-state index contributed by atoms with van der Waals surface area (Å²) in [6, 6.07) is 11.9. The Balaban J connectivity index is 1.21. The molecule has 2 fully saturated rings. The zero-order chi connectivity index (χ0) is 42.8. The van der Waals surface area contributed by atoms with Gasteiger partial charge in [0.2, 0.25) is 17.6 Å². The highest BCUT2D eigenvalue weighted by Crippen LogP contribution is 2.34. The van der Waals surface area contributed by atoms with E-state index in [0.29, 0.717) is 36.2 Å². The second kappa shape index (κ2) is 19.7. The number of pyridine rings is 1. The zero-order valence-corrected chi connectivity index (χ0v) is 34.0. The third-order valence-corrected chi connectivity index (χ3v) is 11.3. The molecule has 2 aromatic carbocycles. The van der Waals surface area contributed by atoms with Gasteiger partial charge in [0.1, 0.15) is 17.7 Å². The average Bonchev–Trinajstić information content (AvgIpc) is 3.92. The van der Waals surface area contributed by atoms with Crippen LogP contribution in [0.5, 0.6) is 0 Å². The number of nitrogens with two attached hydrogens (primary N) is 1. The van der Waals surface area contributed by atoms with Crippen molar-refractivity contribution in [2.75, 3.05) is 18.4 Å². The standard InChI is InChI=1S/C43H54N10O7/c1-43(2,60)36-25-47-51-53(36)32-23-35(40(57)49-33(37(54)38(44)55)16-8-9-20-46-42(59)48-31-15-10-19-45-24-31)52(26-32)41(58)34(21-27-11-4-3-5-12-27)50-39(56)30-18-17-28-13-6-7-14-29(28)22-30/h6-7,10,13-15,17-19,22,24-25,27,32-35,60H,3-5,8-9,11-12,16,20-21,23,26H2,1-2H3,(H2,44,55)(H,49,57)(H,50,56)(H2,46,48,59)/t32-,33?,34?,35-/m0/s1. The van der Waals surface area contributed by atoms with Crippen LogP contribution in [0.4, 0.5) is 10.5 Å². The quantitative estimate of drug-likeness (QED) is 0.0669. The molecule has 60 heavy (non-hydrogen) atoms. The largest absolute Gasteiger partial charge is 0.384 e. The van der Waals surface area contributed by atoms with Crippen LogP contribution in [0.25, 0.3) is 10.8 Å². The predicted octanol–water partition coefficient (Wildman–Crippen LogP) is 3.50. The number of carbonyl (C=O) groups excluding carboxylic acids is 6. The Kier molecular flexibility index (Phi) is 14.2. The lowest BCUT2D eigenvalue weighted by Gasteiger charge is -2.32. The number of unbranched alkanes of at least 4 members (excludes halogenated alkanes) is 1. The number of fused-ring (bicyclic) bond motifs is 1. The summed E-state index contributed by atoms with van der Waals surface area (Å²) in [6.07, 6.45) is 10.6. The van der Waals surface area contributed by atoms with Gasteiger partial charge in [-0.05, 0) is 80.5 Å². The number of hydrogen-bond acceptors (Lipinski definition) is 10. The molecule has 6 amide bonds. The second-order valence-corrected chi connectivity index (χ2v) is 16.3. The molecule has 0 radical (unpaired) electrons. The van der Waals surface area contributed by atoms with Crippen molar-refractivity contribution >= 4 is 51.9 Å². The highest BCUT2D eigenvalue weighted by atomic mass is 16.3. The molecule has 2 aromatic heterocycles. The normalized spacial score (nSPS) is 18.0. The maximum absolute atomic E-state index is 14.9. The number of amides is 6. The van der Waals surface area contributed by atoms with Crippen molar-refractivity contribution in [2.45, 2.75) is 108 Å². The number of primary amides is 1. The van der Waals surface area contributed by atoms with Gasteiger partial charge in [0.25, 0.3) is 11.8 Å². The van der Waals surface area contributed by atoms with E-state index in [1.165, 1.54) is 22.0 Å². The molecule has 318 valence electrons. The number of carbonyl (C=O) groups is 6. The van der Waals surface area contributed by atoms with E-state index >= 15 is 0 Å². The first-order valence-corrected chi connectivity index (χ1v) is 20.6. The van der Waals surface area contributed by atoms with E-state index < -0.39 is 65.2 Å². The average molecular weight is 823 g/mol. The number of benzene rings is 2. The molecular formula is C43H54N10O7. The van der Waals surface area contributed by atoms with Crippen LogP contribution in [0.1, 0.15) is 100 Å². The minimum Gasteiger partial charge on any atom is -0.384 e. The molecule has 0 spiro atoms. The van der Waals surface area contributed by atoms with E-state index in [2.05, 4.69) is 36.6 Å². The molecule has 4 aromatic rings. The van der Waals surface area contributed by atoms with Crippen molar-refractivity contribution < 1.29 is 33.9 Å². The van der Waals surface area contributed by atoms with E-state index in [4.69, 9.17) is 5.73 Å². The molecule has 2 unspecified atom stereocenters. The Hall–Kier alpha value is -6.23.